The molecule has 6 heteroatoms. The molecule has 0 spiro atoms. The summed E-state index contributed by atoms with van der Waals surface area (Å²) in [7, 11) is -3.52. The van der Waals surface area contributed by atoms with E-state index in [0.717, 1.165) is 0 Å². The van der Waals surface area contributed by atoms with Crippen molar-refractivity contribution in [3.63, 3.8) is 0 Å². The number of rotatable bonds is 5. The molecule has 1 aromatic heterocycles. The van der Waals surface area contributed by atoms with Crippen molar-refractivity contribution in [1.82, 2.24) is 4.72 Å². The summed E-state index contributed by atoms with van der Waals surface area (Å²) in [4.78, 5) is 2.69. The summed E-state index contributed by atoms with van der Waals surface area (Å²) >= 11 is 1.69. The smallest absolute Gasteiger partial charge is 0.241 e. The number of benzene rings is 1. The molecule has 0 amide bonds. The molecule has 114 valence electrons. The second kappa shape index (κ2) is 6.17. The maximum absolute atomic E-state index is 12.4. The molecule has 0 saturated carbocycles. The Morgan fingerprint density at radius 3 is 2.52 bits per heavy atom. The van der Waals surface area contributed by atoms with Crippen LogP contribution in [0, 0.1) is 13.8 Å². The van der Waals surface area contributed by atoms with Crippen molar-refractivity contribution in [3.05, 3.63) is 45.6 Å². The highest BCUT2D eigenvalue weighted by atomic mass is 32.2. The molecule has 0 aliphatic heterocycles. The van der Waals surface area contributed by atoms with Crippen LogP contribution in [0.3, 0.4) is 0 Å². The Hall–Kier alpha value is -1.37. The zero-order chi connectivity index (χ0) is 15.6. The number of nitrogens with two attached hydrogens (primary N) is 1. The van der Waals surface area contributed by atoms with Gasteiger partial charge in [0.05, 0.1) is 4.90 Å². The molecule has 2 rings (SSSR count). The van der Waals surface area contributed by atoms with Crippen LogP contribution < -0.4 is 10.5 Å². The first kappa shape index (κ1) is 16.0. The number of aryl methyl sites for hydroxylation is 2. The van der Waals surface area contributed by atoms with Gasteiger partial charge in [0.2, 0.25) is 10.0 Å². The number of thiophene rings is 1. The molecule has 0 bridgehead atoms. The minimum absolute atomic E-state index is 0.162. The predicted octanol–water partition coefficient (Wildman–Crippen LogP) is 2.86. The van der Waals surface area contributed by atoms with Crippen molar-refractivity contribution in [1.29, 1.82) is 0 Å². The number of hydrogen-bond donors (Lipinski definition) is 2. The quantitative estimate of drug-likeness (QED) is 0.831. The van der Waals surface area contributed by atoms with Crippen molar-refractivity contribution < 1.29 is 8.42 Å². The predicted molar refractivity (Wildman–Crippen MR) is 88.1 cm³/mol. The van der Waals surface area contributed by atoms with E-state index in [9.17, 15) is 8.42 Å². The van der Waals surface area contributed by atoms with Gasteiger partial charge >= 0.3 is 0 Å². The van der Waals surface area contributed by atoms with Gasteiger partial charge in [0.15, 0.2) is 0 Å². The average Bonchev–Trinajstić information content (AvgIpc) is 2.72. The van der Waals surface area contributed by atoms with Gasteiger partial charge in [0, 0.05) is 21.5 Å². The lowest BCUT2D eigenvalue weighted by Gasteiger charge is -2.15. The SMILES string of the molecule is Cc1ccc(CC(C)NS(=O)(=O)c2ccc(N)cc2C)s1. The molecule has 1 unspecified atom stereocenters. The van der Waals surface area contributed by atoms with E-state index in [1.165, 1.54) is 9.75 Å². The van der Waals surface area contributed by atoms with Crippen LogP contribution in [-0.2, 0) is 16.4 Å². The Kier molecular flexibility index (Phi) is 4.70. The van der Waals surface area contributed by atoms with Crippen molar-refractivity contribution in [2.75, 3.05) is 5.73 Å². The second-order valence-corrected chi connectivity index (χ2v) is 8.32. The average molecular weight is 324 g/mol. The van der Waals surface area contributed by atoms with Gasteiger partial charge in [0.1, 0.15) is 0 Å². The first-order chi connectivity index (χ1) is 9.78. The van der Waals surface area contributed by atoms with Crippen molar-refractivity contribution >= 4 is 27.0 Å². The van der Waals surface area contributed by atoms with Crippen LogP contribution in [0.1, 0.15) is 22.2 Å². The summed E-state index contributed by atoms with van der Waals surface area (Å²) in [5.41, 5.74) is 6.88. The number of hydrogen-bond acceptors (Lipinski definition) is 4. The normalized spacial score (nSPS) is 13.3. The fourth-order valence-electron chi connectivity index (χ4n) is 2.24. The van der Waals surface area contributed by atoms with E-state index in [0.29, 0.717) is 17.7 Å². The Morgan fingerprint density at radius 2 is 1.95 bits per heavy atom. The second-order valence-electron chi connectivity index (χ2n) is 5.26. The third kappa shape index (κ3) is 4.06. The molecule has 0 fully saturated rings. The monoisotopic (exact) mass is 324 g/mol. The molecule has 1 aromatic carbocycles. The highest BCUT2D eigenvalue weighted by molar-refractivity contribution is 7.89. The highest BCUT2D eigenvalue weighted by Crippen LogP contribution is 2.20. The third-order valence-corrected chi connectivity index (χ3v) is 5.92. The van der Waals surface area contributed by atoms with Crippen LogP contribution in [0.4, 0.5) is 5.69 Å². The first-order valence-corrected chi connectivity index (χ1v) is 9.01. The van der Waals surface area contributed by atoms with Gasteiger partial charge in [-0.15, -0.1) is 11.3 Å². The van der Waals surface area contributed by atoms with Crippen molar-refractivity contribution in [3.8, 4) is 0 Å². The van der Waals surface area contributed by atoms with E-state index in [4.69, 9.17) is 5.73 Å². The maximum atomic E-state index is 12.4. The Labute approximate surface area is 130 Å². The topological polar surface area (TPSA) is 72.2 Å². The molecular formula is C15H20N2O2S2. The number of nitrogens with one attached hydrogen (secondary N) is 1. The van der Waals surface area contributed by atoms with Gasteiger partial charge in [-0.3, -0.25) is 0 Å². The molecule has 3 N–H and O–H groups in total. The van der Waals surface area contributed by atoms with E-state index < -0.39 is 10.0 Å². The van der Waals surface area contributed by atoms with Crippen LogP contribution in [0.25, 0.3) is 0 Å². The molecule has 0 radical (unpaired) electrons. The van der Waals surface area contributed by atoms with E-state index >= 15 is 0 Å². The Bertz CT molecular complexity index is 736. The number of anilines is 1. The molecule has 4 nitrogen and oxygen atoms in total. The number of nitrogen functional groups attached to an aromatic ring is 1. The minimum Gasteiger partial charge on any atom is -0.399 e. The standard InChI is InChI=1S/C15H20N2O2S2/c1-10-8-13(16)5-7-15(10)21(18,19)17-11(2)9-14-6-4-12(3)20-14/h4-8,11,17H,9,16H2,1-3H3. The minimum atomic E-state index is -3.52. The van der Waals surface area contributed by atoms with Crippen LogP contribution in [-0.4, -0.2) is 14.5 Å². The van der Waals surface area contributed by atoms with Crippen molar-refractivity contribution in [2.24, 2.45) is 0 Å². The zero-order valence-corrected chi connectivity index (χ0v) is 14.0. The van der Waals surface area contributed by atoms with E-state index in [1.54, 1.807) is 36.5 Å². The molecular weight excluding hydrogens is 304 g/mol. The summed E-state index contributed by atoms with van der Waals surface area (Å²) in [5, 5.41) is 0. The van der Waals surface area contributed by atoms with Gasteiger partial charge in [-0.1, -0.05) is 0 Å². The molecule has 0 aliphatic carbocycles. The van der Waals surface area contributed by atoms with Crippen LogP contribution in [0.2, 0.25) is 0 Å². The van der Waals surface area contributed by atoms with Gasteiger partial charge < -0.3 is 5.73 Å². The van der Waals surface area contributed by atoms with E-state index in [-0.39, 0.29) is 10.9 Å². The number of sulfonamides is 1. The van der Waals surface area contributed by atoms with Gasteiger partial charge in [0.25, 0.3) is 0 Å². The lowest BCUT2D eigenvalue weighted by atomic mass is 10.2. The summed E-state index contributed by atoms with van der Waals surface area (Å²) in [6.45, 7) is 5.66. The van der Waals surface area contributed by atoms with Gasteiger partial charge in [-0.25, -0.2) is 13.1 Å². The van der Waals surface area contributed by atoms with Crippen LogP contribution in [0.15, 0.2) is 35.2 Å². The third-order valence-electron chi connectivity index (χ3n) is 3.15. The summed E-state index contributed by atoms with van der Waals surface area (Å²) in [6.07, 6.45) is 0.686. The maximum Gasteiger partial charge on any atom is 0.241 e. The largest absolute Gasteiger partial charge is 0.399 e. The molecule has 1 heterocycles. The summed E-state index contributed by atoms with van der Waals surface area (Å²) in [6, 6.07) is 8.75. The van der Waals surface area contributed by atoms with E-state index in [2.05, 4.69) is 4.72 Å². The van der Waals surface area contributed by atoms with E-state index in [1.807, 2.05) is 26.0 Å². The van der Waals surface area contributed by atoms with Gasteiger partial charge in [-0.2, -0.15) is 0 Å². The Balaban J connectivity index is 2.13. The highest BCUT2D eigenvalue weighted by Gasteiger charge is 2.20. The molecule has 1 atom stereocenters. The first-order valence-electron chi connectivity index (χ1n) is 6.72. The fraction of sp³-hybridized carbons (Fsp3) is 0.333. The van der Waals surface area contributed by atoms with Crippen molar-refractivity contribution in [2.45, 2.75) is 38.1 Å². The molecule has 0 aliphatic rings. The molecule has 2 aromatic rings. The zero-order valence-electron chi connectivity index (χ0n) is 12.4. The summed E-state index contributed by atoms with van der Waals surface area (Å²) in [5.74, 6) is 0. The van der Waals surface area contributed by atoms with Crippen LogP contribution in [0.5, 0.6) is 0 Å². The fourth-order valence-corrected chi connectivity index (χ4v) is 4.73. The Morgan fingerprint density at radius 1 is 1.24 bits per heavy atom. The summed E-state index contributed by atoms with van der Waals surface area (Å²) < 4.78 is 27.6. The lowest BCUT2D eigenvalue weighted by Crippen LogP contribution is -2.34. The molecule has 21 heavy (non-hydrogen) atoms. The molecule has 0 saturated heterocycles. The van der Waals surface area contributed by atoms with Gasteiger partial charge in [-0.05, 0) is 63.1 Å². The lowest BCUT2D eigenvalue weighted by molar-refractivity contribution is 0.560. The van der Waals surface area contributed by atoms with Crippen LogP contribution >= 0.6 is 11.3 Å².